The van der Waals surface area contributed by atoms with Crippen LogP contribution in [0.2, 0.25) is 0 Å². The Morgan fingerprint density at radius 1 is 1.55 bits per heavy atom. The van der Waals surface area contributed by atoms with Crippen LogP contribution in [0.25, 0.3) is 0 Å². The van der Waals surface area contributed by atoms with Crippen molar-refractivity contribution in [3.63, 3.8) is 0 Å². The molecule has 0 aromatic heterocycles. The van der Waals surface area contributed by atoms with Crippen molar-refractivity contribution in [1.29, 1.82) is 0 Å². The zero-order chi connectivity index (χ0) is 9.23. The van der Waals surface area contributed by atoms with E-state index in [1.165, 1.54) is 7.05 Å². The van der Waals surface area contributed by atoms with Crippen LogP contribution < -0.4 is 5.73 Å². The second kappa shape index (κ2) is 3.19. The normalized spacial score (nSPS) is 14.4. The van der Waals surface area contributed by atoms with E-state index in [9.17, 15) is 4.79 Å². The Morgan fingerprint density at radius 3 is 2.00 bits per heavy atom. The number of rotatable bonds is 1. The number of carbonyl (C=O) groups excluding carboxylic acids is 1. The molecule has 0 saturated heterocycles. The lowest BCUT2D eigenvalue weighted by Crippen LogP contribution is -2.48. The summed E-state index contributed by atoms with van der Waals surface area (Å²) in [6.45, 7) is 5.54. The Hall–Kier alpha value is -0.610. The minimum atomic E-state index is -0.655. The quantitative estimate of drug-likeness (QED) is 0.425. The minimum Gasteiger partial charge on any atom is -0.319 e. The van der Waals surface area contributed by atoms with Gasteiger partial charge in [0.1, 0.15) is 0 Å². The van der Waals surface area contributed by atoms with E-state index in [0.717, 1.165) is 0 Å². The van der Waals surface area contributed by atoms with Gasteiger partial charge in [-0.15, -0.1) is 0 Å². The molecule has 0 aromatic carbocycles. The topological polar surface area (TPSA) is 66.6 Å². The molecule has 0 saturated carbocycles. The average molecular weight is 160 g/mol. The van der Waals surface area contributed by atoms with Gasteiger partial charge in [0.05, 0.1) is 6.04 Å². The molecule has 0 aliphatic rings. The average Bonchev–Trinajstić information content (AvgIpc) is 1.82. The number of carbonyl (C=O) groups is 1. The van der Waals surface area contributed by atoms with E-state index in [-0.39, 0.29) is 5.41 Å². The molecular formula is C7H16N2O2. The van der Waals surface area contributed by atoms with Crippen LogP contribution in [0.15, 0.2) is 0 Å². The van der Waals surface area contributed by atoms with E-state index in [4.69, 9.17) is 10.9 Å². The highest BCUT2D eigenvalue weighted by molar-refractivity contribution is 5.81. The van der Waals surface area contributed by atoms with Crippen LogP contribution >= 0.6 is 0 Å². The molecule has 0 unspecified atom stereocenters. The standard InChI is InChI=1S/C7H16N2O2/c1-7(2,3)5(8)6(10)9(4)11/h5,11H,8H2,1-4H3/t5-/m1/s1. The smallest absolute Gasteiger partial charge is 0.263 e. The Morgan fingerprint density at radius 2 is 1.91 bits per heavy atom. The Kier molecular flexibility index (Phi) is 3.02. The molecule has 0 aromatic rings. The largest absolute Gasteiger partial charge is 0.319 e. The van der Waals surface area contributed by atoms with Crippen molar-refractivity contribution in [3.8, 4) is 0 Å². The van der Waals surface area contributed by atoms with Gasteiger partial charge >= 0.3 is 0 Å². The van der Waals surface area contributed by atoms with Crippen LogP contribution in [-0.2, 0) is 4.79 Å². The van der Waals surface area contributed by atoms with Crippen LogP contribution in [0.5, 0.6) is 0 Å². The molecule has 1 atom stereocenters. The van der Waals surface area contributed by atoms with Crippen molar-refractivity contribution < 1.29 is 10.0 Å². The zero-order valence-electron chi connectivity index (χ0n) is 7.46. The predicted octanol–water partition coefficient (Wildman–Crippen LogP) is 0.207. The second-order valence-electron chi connectivity index (χ2n) is 3.71. The predicted molar refractivity (Wildman–Crippen MR) is 42.0 cm³/mol. The number of nitrogens with two attached hydrogens (primary N) is 1. The molecule has 3 N–H and O–H groups in total. The number of hydrogen-bond acceptors (Lipinski definition) is 3. The summed E-state index contributed by atoms with van der Waals surface area (Å²) in [4.78, 5) is 11.0. The number of nitrogens with zero attached hydrogens (tertiary/aromatic N) is 1. The van der Waals surface area contributed by atoms with E-state index in [0.29, 0.717) is 5.06 Å². The highest BCUT2D eigenvalue weighted by Crippen LogP contribution is 2.17. The fraction of sp³-hybridized carbons (Fsp3) is 0.857. The van der Waals surface area contributed by atoms with Crippen molar-refractivity contribution in [2.45, 2.75) is 26.8 Å². The van der Waals surface area contributed by atoms with Crippen LogP contribution in [0.1, 0.15) is 20.8 Å². The van der Waals surface area contributed by atoms with Crippen molar-refractivity contribution in [2.75, 3.05) is 7.05 Å². The first-order valence-corrected chi connectivity index (χ1v) is 3.49. The zero-order valence-corrected chi connectivity index (χ0v) is 7.46. The van der Waals surface area contributed by atoms with Crippen molar-refractivity contribution in [2.24, 2.45) is 11.1 Å². The summed E-state index contributed by atoms with van der Waals surface area (Å²) in [5.74, 6) is -0.461. The summed E-state index contributed by atoms with van der Waals surface area (Å²) >= 11 is 0. The van der Waals surface area contributed by atoms with Crippen LogP contribution in [0, 0.1) is 5.41 Å². The molecule has 4 heteroatoms. The molecule has 0 rings (SSSR count). The van der Waals surface area contributed by atoms with Gasteiger partial charge in [-0.1, -0.05) is 20.8 Å². The molecule has 0 heterocycles. The number of amides is 1. The van der Waals surface area contributed by atoms with Crippen LogP contribution in [0.3, 0.4) is 0 Å². The molecule has 1 amide bonds. The van der Waals surface area contributed by atoms with E-state index >= 15 is 0 Å². The molecule has 0 aliphatic heterocycles. The lowest BCUT2D eigenvalue weighted by Gasteiger charge is -2.27. The third kappa shape index (κ3) is 2.86. The number of hydrogen-bond donors (Lipinski definition) is 2. The van der Waals surface area contributed by atoms with Gasteiger partial charge in [0.15, 0.2) is 0 Å². The van der Waals surface area contributed by atoms with E-state index in [1.807, 2.05) is 20.8 Å². The molecule has 0 bridgehead atoms. The first kappa shape index (κ1) is 10.4. The van der Waals surface area contributed by atoms with E-state index in [1.54, 1.807) is 0 Å². The summed E-state index contributed by atoms with van der Waals surface area (Å²) in [6, 6.07) is -0.655. The molecule has 0 spiro atoms. The molecule has 0 fully saturated rings. The summed E-state index contributed by atoms with van der Waals surface area (Å²) < 4.78 is 0. The summed E-state index contributed by atoms with van der Waals surface area (Å²) in [5, 5.41) is 9.28. The SMILES string of the molecule is CN(O)C(=O)[C@@H](N)C(C)(C)C. The molecular weight excluding hydrogens is 144 g/mol. The molecule has 0 radical (unpaired) electrons. The van der Waals surface area contributed by atoms with Gasteiger partial charge in [-0.25, -0.2) is 5.06 Å². The van der Waals surface area contributed by atoms with Gasteiger partial charge < -0.3 is 5.73 Å². The van der Waals surface area contributed by atoms with Gasteiger partial charge in [-0.05, 0) is 5.41 Å². The number of likely N-dealkylation sites (N-methyl/N-ethyl adjacent to an activating group) is 1. The van der Waals surface area contributed by atoms with Crippen LogP contribution in [-0.4, -0.2) is 29.3 Å². The first-order valence-electron chi connectivity index (χ1n) is 3.49. The highest BCUT2D eigenvalue weighted by Gasteiger charge is 2.29. The van der Waals surface area contributed by atoms with E-state index < -0.39 is 11.9 Å². The monoisotopic (exact) mass is 160 g/mol. The van der Waals surface area contributed by atoms with E-state index in [2.05, 4.69) is 0 Å². The van der Waals surface area contributed by atoms with Gasteiger partial charge in [0.2, 0.25) is 0 Å². The maximum Gasteiger partial charge on any atom is 0.263 e. The van der Waals surface area contributed by atoms with Gasteiger partial charge in [0.25, 0.3) is 5.91 Å². The Labute approximate surface area is 66.9 Å². The second-order valence-corrected chi connectivity index (χ2v) is 3.71. The van der Waals surface area contributed by atoms with Gasteiger partial charge in [-0.2, -0.15) is 0 Å². The fourth-order valence-electron chi connectivity index (χ4n) is 0.572. The maximum absolute atomic E-state index is 11.0. The molecule has 0 aliphatic carbocycles. The van der Waals surface area contributed by atoms with Crippen molar-refractivity contribution >= 4 is 5.91 Å². The third-order valence-electron chi connectivity index (χ3n) is 1.52. The fourth-order valence-corrected chi connectivity index (χ4v) is 0.572. The van der Waals surface area contributed by atoms with Gasteiger partial charge in [-0.3, -0.25) is 10.0 Å². The summed E-state index contributed by atoms with van der Waals surface area (Å²) in [7, 11) is 1.27. The Bertz CT molecular complexity index is 149. The molecule has 66 valence electrons. The van der Waals surface area contributed by atoms with Crippen LogP contribution in [0.4, 0.5) is 0 Å². The Balaban J connectivity index is 4.26. The molecule has 4 nitrogen and oxygen atoms in total. The maximum atomic E-state index is 11.0. The molecule has 11 heavy (non-hydrogen) atoms. The first-order chi connectivity index (χ1) is 4.76. The lowest BCUT2D eigenvalue weighted by molar-refractivity contribution is -0.163. The van der Waals surface area contributed by atoms with Gasteiger partial charge in [0, 0.05) is 7.05 Å². The third-order valence-corrected chi connectivity index (χ3v) is 1.52. The van der Waals surface area contributed by atoms with Crippen molar-refractivity contribution in [1.82, 2.24) is 5.06 Å². The number of hydroxylamine groups is 2. The summed E-state index contributed by atoms with van der Waals surface area (Å²) in [6.07, 6.45) is 0. The highest BCUT2D eigenvalue weighted by atomic mass is 16.5. The van der Waals surface area contributed by atoms with Crippen molar-refractivity contribution in [3.05, 3.63) is 0 Å². The minimum absolute atomic E-state index is 0.311. The lowest BCUT2D eigenvalue weighted by atomic mass is 9.87. The summed E-state index contributed by atoms with van der Waals surface area (Å²) in [5.41, 5.74) is 5.23.